The van der Waals surface area contributed by atoms with Crippen molar-refractivity contribution in [1.82, 2.24) is 4.90 Å². The Bertz CT molecular complexity index is 910. The van der Waals surface area contributed by atoms with E-state index >= 15 is 0 Å². The minimum absolute atomic E-state index is 0.00197. The third-order valence-corrected chi connectivity index (χ3v) is 5.45. The van der Waals surface area contributed by atoms with E-state index in [-0.39, 0.29) is 25.5 Å². The van der Waals surface area contributed by atoms with Gasteiger partial charge in [-0.15, -0.1) is 6.04 Å². The van der Waals surface area contributed by atoms with E-state index in [1.807, 2.05) is 0 Å². The number of rotatable bonds is 3. The summed E-state index contributed by atoms with van der Waals surface area (Å²) in [6, 6.07) is 6.63. The normalized spacial score (nSPS) is 20.1. The number of hydrogen-bond donors (Lipinski definition) is 0. The molecule has 31 heavy (non-hydrogen) atoms. The van der Waals surface area contributed by atoms with Gasteiger partial charge >= 0.3 is 12.4 Å². The summed E-state index contributed by atoms with van der Waals surface area (Å²) in [6.45, 7) is 0.0723. The van der Waals surface area contributed by atoms with Crippen LogP contribution in [0.25, 0.3) is 5.73 Å². The van der Waals surface area contributed by atoms with E-state index in [0.29, 0.717) is 23.6 Å². The van der Waals surface area contributed by atoms with Crippen LogP contribution in [0.4, 0.5) is 26.3 Å². The third kappa shape index (κ3) is 5.71. The van der Waals surface area contributed by atoms with E-state index < -0.39 is 47.0 Å². The van der Waals surface area contributed by atoms with Crippen LogP contribution in [0.15, 0.2) is 42.5 Å². The molecule has 2 aromatic carbocycles. The van der Waals surface area contributed by atoms with Crippen LogP contribution in [-0.2, 0) is 18.8 Å². The largest absolute Gasteiger partial charge is 0.675 e. The van der Waals surface area contributed by atoms with Gasteiger partial charge in [-0.05, 0) is 48.7 Å². The van der Waals surface area contributed by atoms with E-state index in [0.717, 1.165) is 5.56 Å². The smallest absolute Gasteiger partial charge is 0.416 e. The summed E-state index contributed by atoms with van der Waals surface area (Å²) in [5.74, 6) is -0.914. The van der Waals surface area contributed by atoms with Crippen LogP contribution in [-0.4, -0.2) is 29.4 Å². The van der Waals surface area contributed by atoms with E-state index in [9.17, 15) is 31.1 Å². The Balaban J connectivity index is 1.95. The van der Waals surface area contributed by atoms with Crippen LogP contribution in [0.5, 0.6) is 0 Å². The van der Waals surface area contributed by atoms with Crippen LogP contribution >= 0.6 is 11.6 Å². The quantitative estimate of drug-likeness (QED) is 0.470. The molecule has 2 aromatic rings. The van der Waals surface area contributed by atoms with Crippen molar-refractivity contribution < 1.29 is 31.1 Å². The zero-order valence-corrected chi connectivity index (χ0v) is 16.8. The monoisotopic (exact) mass is 463 g/mol. The van der Waals surface area contributed by atoms with Crippen molar-refractivity contribution in [3.8, 4) is 0 Å². The number of halogens is 7. The van der Waals surface area contributed by atoms with Crippen LogP contribution < -0.4 is 0 Å². The van der Waals surface area contributed by atoms with Crippen LogP contribution in [0.3, 0.4) is 0 Å². The fourth-order valence-corrected chi connectivity index (χ4v) is 3.77. The second kappa shape index (κ2) is 8.70. The molecule has 1 amide bonds. The summed E-state index contributed by atoms with van der Waals surface area (Å²) in [4.78, 5) is 14.3. The Morgan fingerprint density at radius 1 is 1.00 bits per heavy atom. The lowest BCUT2D eigenvalue weighted by atomic mass is 9.91. The number of piperidine rings is 1. The Labute approximate surface area is 179 Å². The Hall–Kier alpha value is -2.26. The van der Waals surface area contributed by atoms with Gasteiger partial charge in [0.05, 0.1) is 11.1 Å². The molecule has 0 aromatic heterocycles. The van der Waals surface area contributed by atoms with E-state index in [4.69, 9.17) is 17.3 Å². The summed E-state index contributed by atoms with van der Waals surface area (Å²) in [5.41, 5.74) is 5.07. The number of alkyl halides is 6. The van der Waals surface area contributed by atoms with Crippen LogP contribution in [0.1, 0.15) is 39.9 Å². The molecule has 1 N–H and O–H groups in total. The van der Waals surface area contributed by atoms with Crippen molar-refractivity contribution in [1.29, 1.82) is 0 Å². The van der Waals surface area contributed by atoms with Gasteiger partial charge in [-0.25, -0.2) is 0 Å². The lowest BCUT2D eigenvalue weighted by molar-refractivity contribution is -0.143. The fourth-order valence-electron chi connectivity index (χ4n) is 3.65. The van der Waals surface area contributed by atoms with Gasteiger partial charge in [-0.3, -0.25) is 4.79 Å². The second-order valence-corrected chi connectivity index (χ2v) is 7.94. The molecule has 0 aliphatic carbocycles. The Morgan fingerprint density at radius 2 is 1.55 bits per heavy atom. The first kappa shape index (κ1) is 23.4. The maximum absolute atomic E-state index is 13.2. The molecule has 2 atom stereocenters. The van der Waals surface area contributed by atoms with E-state index in [1.54, 1.807) is 24.3 Å². The molecule has 0 spiro atoms. The van der Waals surface area contributed by atoms with Gasteiger partial charge in [0.2, 0.25) is 0 Å². The van der Waals surface area contributed by atoms with Crippen molar-refractivity contribution >= 4 is 17.5 Å². The lowest BCUT2D eigenvalue weighted by Gasteiger charge is -2.42. The topological polar surface area (TPSA) is 44.1 Å². The van der Waals surface area contributed by atoms with E-state index in [1.165, 1.54) is 4.90 Å². The molecule has 3 rings (SSSR count). The summed E-state index contributed by atoms with van der Waals surface area (Å²) in [5, 5.41) is 0.502. The predicted octanol–water partition coefficient (Wildman–Crippen LogP) is 6.65. The highest BCUT2D eigenvalue weighted by atomic mass is 35.5. The Morgan fingerprint density at radius 3 is 2.06 bits per heavy atom. The molecule has 3 nitrogen and oxygen atoms in total. The first-order chi connectivity index (χ1) is 14.3. The van der Waals surface area contributed by atoms with Gasteiger partial charge < -0.3 is 10.6 Å². The van der Waals surface area contributed by atoms with Gasteiger partial charge in [0.1, 0.15) is 0 Å². The van der Waals surface area contributed by atoms with Crippen molar-refractivity contribution in [3.63, 3.8) is 0 Å². The predicted molar refractivity (Wildman–Crippen MR) is 104 cm³/mol. The number of likely N-dealkylation sites (tertiary alicyclic amines) is 1. The van der Waals surface area contributed by atoms with Gasteiger partial charge in [-0.1, -0.05) is 30.2 Å². The SMILES string of the molecule is [NH-]C1CCN(C(=O)c2cc(C(F)(F)F)cc(C(F)(F)F)c2)C(Cc2ccc(Cl)cc2)C1. The third-order valence-electron chi connectivity index (χ3n) is 5.20. The van der Waals surface area contributed by atoms with Gasteiger partial charge in [0, 0.05) is 23.2 Å². The number of nitrogens with one attached hydrogen (secondary N) is 1. The number of nitrogens with zero attached hydrogens (tertiary/aromatic N) is 1. The lowest BCUT2D eigenvalue weighted by Crippen LogP contribution is -2.48. The second-order valence-electron chi connectivity index (χ2n) is 7.50. The number of benzene rings is 2. The molecular weight excluding hydrogens is 446 g/mol. The van der Waals surface area contributed by atoms with E-state index in [2.05, 4.69) is 0 Å². The summed E-state index contributed by atoms with van der Waals surface area (Å²) in [7, 11) is 0. The molecule has 1 saturated heterocycles. The molecule has 1 heterocycles. The molecule has 0 radical (unpaired) electrons. The van der Waals surface area contributed by atoms with Crippen molar-refractivity contribution in [2.24, 2.45) is 0 Å². The maximum Gasteiger partial charge on any atom is 0.416 e. The van der Waals surface area contributed by atoms with Crippen molar-refractivity contribution in [2.45, 2.75) is 43.7 Å². The number of amides is 1. The van der Waals surface area contributed by atoms with Gasteiger partial charge in [0.25, 0.3) is 5.91 Å². The minimum atomic E-state index is -5.03. The average molecular weight is 464 g/mol. The average Bonchev–Trinajstić information content (AvgIpc) is 2.68. The number of hydrogen-bond acceptors (Lipinski definition) is 1. The van der Waals surface area contributed by atoms with Crippen LogP contribution in [0, 0.1) is 0 Å². The zero-order chi connectivity index (χ0) is 23.0. The molecule has 2 unspecified atom stereocenters. The Kier molecular flexibility index (Phi) is 6.57. The summed E-state index contributed by atoms with van der Waals surface area (Å²) >= 11 is 5.86. The highest BCUT2D eigenvalue weighted by Gasteiger charge is 2.38. The molecule has 1 aliphatic rings. The zero-order valence-electron chi connectivity index (χ0n) is 16.0. The standard InChI is InChI=1S/C21H18ClF6N2O/c22-16-3-1-12(2-4-16)7-18-11-17(29)5-6-30(18)19(31)13-8-14(20(23,24)25)10-15(9-13)21(26,27)28/h1-4,8-10,17-18,29H,5-7,11H2/q-1. The van der Waals surface area contributed by atoms with Gasteiger partial charge in [0.15, 0.2) is 0 Å². The van der Waals surface area contributed by atoms with Crippen molar-refractivity contribution in [2.75, 3.05) is 6.54 Å². The molecule has 0 bridgehead atoms. The summed E-state index contributed by atoms with van der Waals surface area (Å²) < 4.78 is 79.0. The van der Waals surface area contributed by atoms with Crippen molar-refractivity contribution in [3.05, 3.63) is 75.5 Å². The first-order valence-electron chi connectivity index (χ1n) is 9.40. The molecule has 10 heteroatoms. The molecule has 1 aliphatic heterocycles. The molecule has 0 saturated carbocycles. The highest BCUT2D eigenvalue weighted by Crippen LogP contribution is 2.37. The first-order valence-corrected chi connectivity index (χ1v) is 9.78. The minimum Gasteiger partial charge on any atom is -0.675 e. The maximum atomic E-state index is 13.2. The summed E-state index contributed by atoms with van der Waals surface area (Å²) in [6.07, 6.45) is -9.21. The van der Waals surface area contributed by atoms with Crippen LogP contribution in [0.2, 0.25) is 5.02 Å². The molecule has 168 valence electrons. The molecule has 1 fully saturated rings. The fraction of sp³-hybridized carbons (Fsp3) is 0.381. The number of carbonyl (C=O) groups is 1. The highest BCUT2D eigenvalue weighted by molar-refractivity contribution is 6.30. The number of carbonyl (C=O) groups excluding carboxylic acids is 1. The molecular formula is C21H18ClF6N2O-. The van der Waals surface area contributed by atoms with Gasteiger partial charge in [-0.2, -0.15) is 26.3 Å².